The average Bonchev–Trinajstić information content (AvgIpc) is 3.17. The van der Waals surface area contributed by atoms with Crippen molar-refractivity contribution in [2.24, 2.45) is 5.73 Å². The fourth-order valence-corrected chi connectivity index (χ4v) is 2.56. The second-order valence-corrected chi connectivity index (χ2v) is 5.84. The van der Waals surface area contributed by atoms with Crippen LogP contribution in [0.1, 0.15) is 22.5 Å². The van der Waals surface area contributed by atoms with E-state index in [4.69, 9.17) is 16.9 Å². The van der Waals surface area contributed by atoms with Crippen LogP contribution in [0.2, 0.25) is 0 Å². The van der Waals surface area contributed by atoms with Crippen molar-refractivity contribution in [1.29, 1.82) is 5.41 Å². The van der Waals surface area contributed by atoms with Gasteiger partial charge in [0, 0.05) is 16.8 Å². The Hall–Kier alpha value is -3.58. The van der Waals surface area contributed by atoms with Crippen molar-refractivity contribution in [2.75, 3.05) is 5.73 Å². The number of aromatic nitrogens is 3. The molecule has 6 N–H and O–H groups in total. The molecule has 1 aromatic heterocycles. The lowest BCUT2D eigenvalue weighted by atomic mass is 9.98. The molecule has 0 spiro atoms. The molecule has 136 valence electrons. The molecule has 3 rings (SSSR count). The predicted octanol–water partition coefficient (Wildman–Crippen LogP) is 3.38. The lowest BCUT2D eigenvalue weighted by Gasteiger charge is -2.10. The number of halogens is 1. The van der Waals surface area contributed by atoms with Gasteiger partial charge in [0.15, 0.2) is 5.82 Å². The topological polar surface area (TPSA) is 117 Å². The number of benzene rings is 2. The van der Waals surface area contributed by atoms with E-state index < -0.39 is 0 Å². The summed E-state index contributed by atoms with van der Waals surface area (Å²) in [6.07, 6.45) is 4.95. The molecule has 0 saturated carbocycles. The van der Waals surface area contributed by atoms with Gasteiger partial charge in [-0.1, -0.05) is 30.9 Å². The fraction of sp³-hybridized carbons (Fsp3) is 0.0500. The second kappa shape index (κ2) is 7.76. The Morgan fingerprint density at radius 1 is 1.26 bits per heavy atom. The third-order valence-electron chi connectivity index (χ3n) is 4.02. The number of aromatic amines is 1. The Bertz CT molecular complexity index is 1020. The van der Waals surface area contributed by atoms with Crippen LogP contribution in [-0.2, 0) is 6.54 Å². The fourth-order valence-electron chi connectivity index (χ4n) is 2.56. The number of nitrogens with one attached hydrogen (secondary N) is 2. The zero-order valence-corrected chi connectivity index (χ0v) is 14.5. The number of hydrogen-bond donors (Lipinski definition) is 4. The Labute approximate surface area is 156 Å². The number of allylic oxidation sites excluding steroid dienone is 1. The Kier molecular flexibility index (Phi) is 5.23. The van der Waals surface area contributed by atoms with Crippen LogP contribution in [0, 0.1) is 11.2 Å². The number of nitrogen functional groups attached to an aromatic ring is 1. The van der Waals surface area contributed by atoms with Crippen LogP contribution in [0.25, 0.3) is 23.5 Å². The van der Waals surface area contributed by atoms with E-state index in [1.54, 1.807) is 36.4 Å². The van der Waals surface area contributed by atoms with Gasteiger partial charge in [0.05, 0.1) is 12.3 Å². The Morgan fingerprint density at radius 2 is 2.00 bits per heavy atom. The molecule has 0 amide bonds. The molecule has 0 fully saturated rings. The normalized spacial score (nSPS) is 11.0. The molecule has 27 heavy (non-hydrogen) atoms. The molecule has 0 saturated heterocycles. The first-order valence-corrected chi connectivity index (χ1v) is 8.22. The first-order chi connectivity index (χ1) is 13.0. The highest BCUT2D eigenvalue weighted by Gasteiger charge is 2.13. The molecule has 0 aliphatic carbocycles. The van der Waals surface area contributed by atoms with Crippen LogP contribution in [0.15, 0.2) is 49.1 Å². The van der Waals surface area contributed by atoms with Gasteiger partial charge in [-0.25, -0.2) is 9.37 Å². The van der Waals surface area contributed by atoms with E-state index in [2.05, 4.69) is 21.8 Å². The highest BCUT2D eigenvalue weighted by Crippen LogP contribution is 2.27. The number of nitrogens with zero attached hydrogens (tertiary/aromatic N) is 2. The van der Waals surface area contributed by atoms with Crippen molar-refractivity contribution in [3.63, 3.8) is 0 Å². The van der Waals surface area contributed by atoms with Crippen LogP contribution in [0.5, 0.6) is 0 Å². The Morgan fingerprint density at radius 3 is 2.63 bits per heavy atom. The van der Waals surface area contributed by atoms with Gasteiger partial charge >= 0.3 is 0 Å². The number of H-pyrrole nitrogens is 1. The van der Waals surface area contributed by atoms with Crippen molar-refractivity contribution >= 4 is 23.6 Å². The van der Waals surface area contributed by atoms with Gasteiger partial charge in [-0.3, -0.25) is 5.10 Å². The van der Waals surface area contributed by atoms with Gasteiger partial charge in [0.2, 0.25) is 0 Å². The lowest BCUT2D eigenvalue weighted by molar-refractivity contribution is 0.628. The largest absolute Gasteiger partial charge is 0.398 e. The summed E-state index contributed by atoms with van der Waals surface area (Å²) in [5.74, 6) is 0.725. The van der Waals surface area contributed by atoms with Gasteiger partial charge in [0.1, 0.15) is 11.6 Å². The van der Waals surface area contributed by atoms with Crippen LogP contribution < -0.4 is 11.5 Å². The number of nitrogens with two attached hydrogens (primary N) is 2. The van der Waals surface area contributed by atoms with Crippen molar-refractivity contribution in [3.8, 4) is 11.4 Å². The lowest BCUT2D eigenvalue weighted by Crippen LogP contribution is -2.04. The van der Waals surface area contributed by atoms with Crippen LogP contribution in [0.3, 0.4) is 0 Å². The monoisotopic (exact) mass is 362 g/mol. The molecule has 0 atom stereocenters. The molecule has 0 radical (unpaired) electrons. The number of hydrogen-bond acceptors (Lipinski definition) is 5. The molecule has 0 aliphatic heterocycles. The molecule has 7 heteroatoms. The summed E-state index contributed by atoms with van der Waals surface area (Å²) >= 11 is 0. The van der Waals surface area contributed by atoms with Crippen molar-refractivity contribution in [3.05, 3.63) is 77.4 Å². The molecule has 1 heterocycles. The zero-order valence-electron chi connectivity index (χ0n) is 14.5. The van der Waals surface area contributed by atoms with E-state index in [9.17, 15) is 4.39 Å². The summed E-state index contributed by atoms with van der Waals surface area (Å²) in [6.45, 7) is 4.03. The van der Waals surface area contributed by atoms with Crippen LogP contribution in [0.4, 0.5) is 10.1 Å². The Balaban J connectivity index is 1.97. The SMILES string of the molecule is C=Cc1cc(-c2n[nH]c(CN)n2)cc(C(=N)/C=C/c2ccc(F)cc2)c1N. The van der Waals surface area contributed by atoms with E-state index >= 15 is 0 Å². The van der Waals surface area contributed by atoms with Gasteiger partial charge in [-0.15, -0.1) is 0 Å². The highest BCUT2D eigenvalue weighted by atomic mass is 19.1. The van der Waals surface area contributed by atoms with E-state index in [0.717, 1.165) is 5.56 Å². The minimum absolute atomic E-state index is 0.205. The summed E-state index contributed by atoms with van der Waals surface area (Å²) in [5.41, 5.74) is 15.1. The van der Waals surface area contributed by atoms with E-state index in [1.807, 2.05) is 6.07 Å². The zero-order chi connectivity index (χ0) is 19.4. The highest BCUT2D eigenvalue weighted by molar-refractivity contribution is 6.13. The maximum atomic E-state index is 13.0. The first kappa shape index (κ1) is 18.2. The molecular weight excluding hydrogens is 343 g/mol. The molecule has 0 unspecified atom stereocenters. The summed E-state index contributed by atoms with van der Waals surface area (Å²) in [5, 5.41) is 15.3. The smallest absolute Gasteiger partial charge is 0.181 e. The predicted molar refractivity (Wildman–Crippen MR) is 106 cm³/mol. The minimum atomic E-state index is -0.307. The molecular formula is C20H19FN6. The maximum absolute atomic E-state index is 13.0. The van der Waals surface area contributed by atoms with E-state index in [0.29, 0.717) is 34.0 Å². The third kappa shape index (κ3) is 3.99. The summed E-state index contributed by atoms with van der Waals surface area (Å²) in [6, 6.07) is 9.57. The van der Waals surface area contributed by atoms with Crippen LogP contribution in [-0.4, -0.2) is 20.9 Å². The molecule has 2 aromatic carbocycles. The van der Waals surface area contributed by atoms with Crippen molar-refractivity contribution in [1.82, 2.24) is 15.2 Å². The summed E-state index contributed by atoms with van der Waals surface area (Å²) in [7, 11) is 0. The second-order valence-electron chi connectivity index (χ2n) is 5.84. The molecule has 0 bridgehead atoms. The van der Waals surface area contributed by atoms with Crippen molar-refractivity contribution < 1.29 is 4.39 Å². The molecule has 6 nitrogen and oxygen atoms in total. The van der Waals surface area contributed by atoms with E-state index in [-0.39, 0.29) is 18.1 Å². The van der Waals surface area contributed by atoms with E-state index in [1.165, 1.54) is 12.1 Å². The number of rotatable bonds is 6. The average molecular weight is 362 g/mol. The maximum Gasteiger partial charge on any atom is 0.181 e. The third-order valence-corrected chi connectivity index (χ3v) is 4.02. The van der Waals surface area contributed by atoms with Crippen molar-refractivity contribution in [2.45, 2.75) is 6.54 Å². The van der Waals surface area contributed by atoms with Gasteiger partial charge in [-0.05, 0) is 41.5 Å². The van der Waals surface area contributed by atoms with Gasteiger partial charge in [0.25, 0.3) is 0 Å². The quantitative estimate of drug-likeness (QED) is 0.397. The number of anilines is 1. The van der Waals surface area contributed by atoms with Crippen LogP contribution >= 0.6 is 0 Å². The summed E-state index contributed by atoms with van der Waals surface area (Å²) < 4.78 is 13.0. The summed E-state index contributed by atoms with van der Waals surface area (Å²) in [4.78, 5) is 4.32. The first-order valence-electron chi connectivity index (χ1n) is 8.22. The van der Waals surface area contributed by atoms with Gasteiger partial charge in [-0.2, -0.15) is 5.10 Å². The standard InChI is InChI=1S/C20H19FN6/c1-2-13-9-14(20-25-18(11-22)26-27-20)10-16(19(13)24)17(23)8-5-12-3-6-15(21)7-4-12/h2-10,23H,1,11,22,24H2,(H,25,26,27)/b8-5+,23-17?. The van der Waals surface area contributed by atoms with Gasteiger partial charge < -0.3 is 16.9 Å². The minimum Gasteiger partial charge on any atom is -0.398 e. The molecule has 3 aromatic rings. The molecule has 0 aliphatic rings.